The molecule has 3 rings (SSSR count). The zero-order valence-corrected chi connectivity index (χ0v) is 14.4. The second-order valence-electron chi connectivity index (χ2n) is 5.79. The number of fused-ring (bicyclic) bond motifs is 1. The maximum atomic E-state index is 12.5. The zero-order valence-electron chi connectivity index (χ0n) is 14.4. The molecule has 1 heterocycles. The second kappa shape index (κ2) is 7.18. The number of rotatable bonds is 4. The Morgan fingerprint density at radius 2 is 1.88 bits per heavy atom. The first kappa shape index (κ1) is 17.3. The van der Waals surface area contributed by atoms with Crippen LogP contribution in [0.4, 0.5) is 5.69 Å². The van der Waals surface area contributed by atoms with Crippen LogP contribution in [0.2, 0.25) is 0 Å². The Kier molecular flexibility index (Phi) is 4.79. The van der Waals surface area contributed by atoms with Crippen molar-refractivity contribution in [3.63, 3.8) is 0 Å². The fourth-order valence-corrected chi connectivity index (χ4v) is 2.76. The molecule has 0 aliphatic carbocycles. The average Bonchev–Trinajstić information content (AvgIpc) is 2.65. The molecule has 7 nitrogen and oxygen atoms in total. The van der Waals surface area contributed by atoms with Gasteiger partial charge in [0.15, 0.2) is 0 Å². The number of amides is 2. The normalized spacial score (nSPS) is 10.5. The Bertz CT molecular complexity index is 1060. The second-order valence-corrected chi connectivity index (χ2v) is 5.79. The topological polar surface area (TPSA) is 93.1 Å². The molecule has 26 heavy (non-hydrogen) atoms. The molecule has 3 aromatic rings. The largest absolute Gasteiger partial charge is 0.355 e. The third kappa shape index (κ3) is 3.32. The van der Waals surface area contributed by atoms with E-state index in [0.29, 0.717) is 27.7 Å². The highest BCUT2D eigenvalue weighted by atomic mass is 16.2. The van der Waals surface area contributed by atoms with Crippen LogP contribution in [0.3, 0.4) is 0 Å². The first-order valence-electron chi connectivity index (χ1n) is 8.07. The highest BCUT2D eigenvalue weighted by molar-refractivity contribution is 5.99. The molecule has 2 N–H and O–H groups in total. The van der Waals surface area contributed by atoms with Crippen LogP contribution in [0.15, 0.2) is 53.5 Å². The third-order valence-corrected chi connectivity index (χ3v) is 4.13. The number of benzene rings is 2. The van der Waals surface area contributed by atoms with Crippen LogP contribution in [0.1, 0.15) is 15.9 Å². The molecule has 0 unspecified atom stereocenters. The molecule has 0 aliphatic rings. The highest BCUT2D eigenvalue weighted by Crippen LogP contribution is 2.19. The molecule has 0 fully saturated rings. The van der Waals surface area contributed by atoms with E-state index < -0.39 is 0 Å². The zero-order chi connectivity index (χ0) is 18.7. The smallest absolute Gasteiger partial charge is 0.251 e. The molecule has 0 radical (unpaired) electrons. The predicted octanol–water partition coefficient (Wildman–Crippen LogP) is 1.70. The fourth-order valence-electron chi connectivity index (χ4n) is 2.76. The highest BCUT2D eigenvalue weighted by Gasteiger charge is 2.13. The van der Waals surface area contributed by atoms with E-state index >= 15 is 0 Å². The van der Waals surface area contributed by atoms with Crippen LogP contribution in [-0.4, -0.2) is 28.6 Å². The van der Waals surface area contributed by atoms with E-state index in [1.165, 1.54) is 10.9 Å². The van der Waals surface area contributed by atoms with Gasteiger partial charge in [-0.25, -0.2) is 0 Å². The van der Waals surface area contributed by atoms with Gasteiger partial charge in [-0.15, -0.1) is 0 Å². The number of anilines is 1. The molecule has 0 aliphatic heterocycles. The standard InChI is InChI=1S/C19H18N4O3/c1-12-13(19(26)20-2)7-5-8-15(12)22-18(25)11-23-16-9-4-3-6-14(16)17(24)10-21-23/h3-10H,11H2,1-2H3,(H,20,26)(H,22,25). The van der Waals surface area contributed by atoms with E-state index in [2.05, 4.69) is 15.7 Å². The summed E-state index contributed by atoms with van der Waals surface area (Å²) in [6.45, 7) is 1.72. The van der Waals surface area contributed by atoms with E-state index in [9.17, 15) is 14.4 Å². The van der Waals surface area contributed by atoms with Crippen molar-refractivity contribution in [2.75, 3.05) is 12.4 Å². The molecule has 2 aromatic carbocycles. The lowest BCUT2D eigenvalue weighted by Crippen LogP contribution is -2.24. The number of para-hydroxylation sites is 1. The SMILES string of the molecule is CNC(=O)c1cccc(NC(=O)Cn2ncc(=O)c3ccccc32)c1C. The van der Waals surface area contributed by atoms with E-state index in [0.717, 1.165) is 0 Å². The Morgan fingerprint density at radius 1 is 1.12 bits per heavy atom. The van der Waals surface area contributed by atoms with Crippen molar-refractivity contribution >= 4 is 28.4 Å². The number of hydrogen-bond donors (Lipinski definition) is 2. The van der Waals surface area contributed by atoms with Gasteiger partial charge in [-0.05, 0) is 36.8 Å². The van der Waals surface area contributed by atoms with Gasteiger partial charge in [0.25, 0.3) is 5.91 Å². The Labute approximate surface area is 149 Å². The van der Waals surface area contributed by atoms with E-state index in [1.807, 2.05) is 0 Å². The number of aromatic nitrogens is 2. The summed E-state index contributed by atoms with van der Waals surface area (Å²) >= 11 is 0. The van der Waals surface area contributed by atoms with Crippen molar-refractivity contribution in [2.45, 2.75) is 13.5 Å². The first-order chi connectivity index (χ1) is 12.5. The minimum Gasteiger partial charge on any atom is -0.355 e. The summed E-state index contributed by atoms with van der Waals surface area (Å²) in [5, 5.41) is 9.93. The molecular formula is C19H18N4O3. The molecule has 2 amide bonds. The maximum Gasteiger partial charge on any atom is 0.251 e. The van der Waals surface area contributed by atoms with Gasteiger partial charge in [0.05, 0.1) is 11.7 Å². The van der Waals surface area contributed by atoms with Crippen LogP contribution in [0, 0.1) is 6.92 Å². The summed E-state index contributed by atoms with van der Waals surface area (Å²) in [4.78, 5) is 36.2. The first-order valence-corrected chi connectivity index (χ1v) is 8.07. The van der Waals surface area contributed by atoms with Gasteiger partial charge in [-0.2, -0.15) is 5.10 Å². The summed E-state index contributed by atoms with van der Waals surface area (Å²) in [7, 11) is 1.56. The summed E-state index contributed by atoms with van der Waals surface area (Å²) in [6.07, 6.45) is 1.20. The van der Waals surface area contributed by atoms with Crippen molar-refractivity contribution in [3.8, 4) is 0 Å². The lowest BCUT2D eigenvalue weighted by atomic mass is 10.1. The quantitative estimate of drug-likeness (QED) is 0.749. The van der Waals surface area contributed by atoms with Crippen molar-refractivity contribution in [1.29, 1.82) is 0 Å². The Balaban J connectivity index is 1.86. The minimum absolute atomic E-state index is 0.0512. The molecule has 1 aromatic heterocycles. The van der Waals surface area contributed by atoms with Gasteiger partial charge in [0.1, 0.15) is 6.54 Å². The van der Waals surface area contributed by atoms with Gasteiger partial charge >= 0.3 is 0 Å². The molecule has 132 valence electrons. The van der Waals surface area contributed by atoms with Crippen molar-refractivity contribution in [1.82, 2.24) is 15.1 Å². The van der Waals surface area contributed by atoms with Gasteiger partial charge in [-0.1, -0.05) is 18.2 Å². The van der Waals surface area contributed by atoms with E-state index in [4.69, 9.17) is 0 Å². The molecule has 0 spiro atoms. The number of carbonyl (C=O) groups is 2. The molecule has 0 saturated carbocycles. The molecular weight excluding hydrogens is 332 g/mol. The van der Waals surface area contributed by atoms with Crippen LogP contribution in [0.25, 0.3) is 10.9 Å². The summed E-state index contributed by atoms with van der Waals surface area (Å²) < 4.78 is 1.48. The van der Waals surface area contributed by atoms with Gasteiger partial charge in [-0.3, -0.25) is 19.1 Å². The van der Waals surface area contributed by atoms with Crippen molar-refractivity contribution < 1.29 is 9.59 Å². The predicted molar refractivity (Wildman–Crippen MR) is 99.2 cm³/mol. The summed E-state index contributed by atoms with van der Waals surface area (Å²) in [5.41, 5.74) is 2.13. The van der Waals surface area contributed by atoms with Crippen LogP contribution in [0.5, 0.6) is 0 Å². The van der Waals surface area contributed by atoms with E-state index in [-0.39, 0.29) is 23.8 Å². The Morgan fingerprint density at radius 3 is 2.65 bits per heavy atom. The van der Waals surface area contributed by atoms with E-state index in [1.54, 1.807) is 56.4 Å². The van der Waals surface area contributed by atoms with Gasteiger partial charge in [0, 0.05) is 23.7 Å². The monoisotopic (exact) mass is 350 g/mol. The number of nitrogens with zero attached hydrogens (tertiary/aromatic N) is 2. The molecule has 0 saturated heterocycles. The third-order valence-electron chi connectivity index (χ3n) is 4.13. The average molecular weight is 350 g/mol. The minimum atomic E-state index is -0.302. The lowest BCUT2D eigenvalue weighted by Gasteiger charge is -2.13. The summed E-state index contributed by atoms with van der Waals surface area (Å²) in [5.74, 6) is -0.518. The fraction of sp³-hybridized carbons (Fsp3) is 0.158. The van der Waals surface area contributed by atoms with Crippen molar-refractivity contribution in [3.05, 3.63) is 70.0 Å². The van der Waals surface area contributed by atoms with Gasteiger partial charge < -0.3 is 10.6 Å². The van der Waals surface area contributed by atoms with Crippen LogP contribution >= 0.6 is 0 Å². The van der Waals surface area contributed by atoms with Crippen LogP contribution < -0.4 is 16.1 Å². The molecule has 7 heteroatoms. The Hall–Kier alpha value is -3.48. The molecule has 0 atom stereocenters. The van der Waals surface area contributed by atoms with Gasteiger partial charge in [0.2, 0.25) is 11.3 Å². The van der Waals surface area contributed by atoms with Crippen LogP contribution in [-0.2, 0) is 11.3 Å². The number of hydrogen-bond acceptors (Lipinski definition) is 4. The number of nitrogens with one attached hydrogen (secondary N) is 2. The molecule has 0 bridgehead atoms. The maximum absolute atomic E-state index is 12.5. The van der Waals surface area contributed by atoms with Crippen molar-refractivity contribution in [2.24, 2.45) is 0 Å². The number of carbonyl (C=O) groups excluding carboxylic acids is 2. The summed E-state index contributed by atoms with van der Waals surface area (Å²) in [6, 6.07) is 12.1. The lowest BCUT2D eigenvalue weighted by molar-refractivity contribution is -0.116.